The van der Waals surface area contributed by atoms with Crippen molar-refractivity contribution in [2.45, 2.75) is 33.4 Å². The van der Waals surface area contributed by atoms with Gasteiger partial charge in [0.1, 0.15) is 18.4 Å². The number of aliphatic carboxylic acids is 1. The fraction of sp³-hybridized carbons (Fsp3) is 0.400. The minimum atomic E-state index is -1.02. The number of benzene rings is 1. The van der Waals surface area contributed by atoms with Crippen molar-refractivity contribution < 1.29 is 14.7 Å². The monoisotopic (exact) mass is 289 g/mol. The highest BCUT2D eigenvalue weighted by atomic mass is 16.4. The second-order valence-electron chi connectivity index (χ2n) is 5.36. The molecule has 6 heteroatoms. The van der Waals surface area contributed by atoms with E-state index in [0.29, 0.717) is 0 Å². The van der Waals surface area contributed by atoms with E-state index in [-0.39, 0.29) is 18.4 Å². The van der Waals surface area contributed by atoms with E-state index in [1.807, 2.05) is 31.2 Å². The van der Waals surface area contributed by atoms with Crippen molar-refractivity contribution in [3.8, 4) is 0 Å². The Bertz CT molecular complexity index is 676. The Morgan fingerprint density at radius 3 is 2.62 bits per heavy atom. The van der Waals surface area contributed by atoms with Gasteiger partial charge >= 0.3 is 5.97 Å². The third-order valence-corrected chi connectivity index (χ3v) is 3.40. The molecule has 1 atom stereocenters. The first-order valence-corrected chi connectivity index (χ1v) is 6.84. The molecule has 0 spiro atoms. The lowest BCUT2D eigenvalue weighted by Gasteiger charge is -2.18. The Balaban J connectivity index is 2.18. The molecule has 0 fully saturated rings. The van der Waals surface area contributed by atoms with Gasteiger partial charge < -0.3 is 15.0 Å². The smallest absolute Gasteiger partial charge is 0.326 e. The Kier molecular flexibility index (Phi) is 4.26. The first-order valence-electron chi connectivity index (χ1n) is 6.84. The van der Waals surface area contributed by atoms with Crippen molar-refractivity contribution in [3.05, 3.63) is 30.1 Å². The van der Waals surface area contributed by atoms with Gasteiger partial charge in [-0.3, -0.25) is 4.79 Å². The molecular formula is C15H19N3O3. The third kappa shape index (κ3) is 3.21. The number of rotatable bonds is 5. The molecule has 1 aromatic heterocycles. The molecule has 2 rings (SSSR count). The number of hydrogen-bond donors (Lipinski definition) is 2. The molecule has 6 nitrogen and oxygen atoms in total. The number of aryl methyl sites for hydroxylation is 1. The lowest BCUT2D eigenvalue weighted by Crippen LogP contribution is -2.45. The van der Waals surface area contributed by atoms with Crippen LogP contribution in [-0.4, -0.2) is 32.6 Å². The summed E-state index contributed by atoms with van der Waals surface area (Å²) in [6, 6.07) is 6.65. The van der Waals surface area contributed by atoms with Crippen molar-refractivity contribution in [2.24, 2.45) is 5.92 Å². The highest BCUT2D eigenvalue weighted by Gasteiger charge is 2.23. The Morgan fingerprint density at radius 1 is 1.33 bits per heavy atom. The molecule has 21 heavy (non-hydrogen) atoms. The van der Waals surface area contributed by atoms with Crippen LogP contribution >= 0.6 is 0 Å². The zero-order valence-electron chi connectivity index (χ0n) is 12.3. The van der Waals surface area contributed by atoms with Gasteiger partial charge in [0.2, 0.25) is 5.91 Å². The summed E-state index contributed by atoms with van der Waals surface area (Å²) in [6.45, 7) is 5.40. The summed E-state index contributed by atoms with van der Waals surface area (Å²) in [5.41, 5.74) is 1.68. The summed E-state index contributed by atoms with van der Waals surface area (Å²) in [7, 11) is 0. The Hall–Kier alpha value is -2.37. The number of nitrogens with zero attached hydrogens (tertiary/aromatic N) is 2. The number of amides is 1. The van der Waals surface area contributed by atoms with Crippen molar-refractivity contribution in [2.75, 3.05) is 0 Å². The van der Waals surface area contributed by atoms with Crippen LogP contribution in [0.2, 0.25) is 0 Å². The molecule has 1 amide bonds. The van der Waals surface area contributed by atoms with Crippen LogP contribution in [0.5, 0.6) is 0 Å². The largest absolute Gasteiger partial charge is 0.480 e. The quantitative estimate of drug-likeness (QED) is 0.875. The number of para-hydroxylation sites is 2. The number of aromatic nitrogens is 2. The SMILES string of the molecule is Cc1nc2ccccc2n1CC(=O)N[C@H](C(=O)O)C(C)C. The van der Waals surface area contributed by atoms with Crippen LogP contribution in [0.25, 0.3) is 11.0 Å². The van der Waals surface area contributed by atoms with Gasteiger partial charge in [0.25, 0.3) is 0 Å². The van der Waals surface area contributed by atoms with Crippen LogP contribution in [0.3, 0.4) is 0 Å². The fourth-order valence-electron chi connectivity index (χ4n) is 2.27. The van der Waals surface area contributed by atoms with E-state index in [1.165, 1.54) is 0 Å². The van der Waals surface area contributed by atoms with Gasteiger partial charge in [-0.05, 0) is 25.0 Å². The topological polar surface area (TPSA) is 84.2 Å². The summed E-state index contributed by atoms with van der Waals surface area (Å²) < 4.78 is 1.78. The molecule has 0 aliphatic heterocycles. The number of carboxylic acids is 1. The van der Waals surface area contributed by atoms with Crippen molar-refractivity contribution in [3.63, 3.8) is 0 Å². The van der Waals surface area contributed by atoms with Gasteiger partial charge in [-0.25, -0.2) is 9.78 Å². The van der Waals surface area contributed by atoms with Gasteiger partial charge in [-0.2, -0.15) is 0 Å². The first-order chi connectivity index (χ1) is 9.90. The molecule has 2 aromatic rings. The normalized spacial score (nSPS) is 12.6. The second-order valence-corrected chi connectivity index (χ2v) is 5.36. The molecule has 0 aliphatic carbocycles. The van der Waals surface area contributed by atoms with Gasteiger partial charge in [0, 0.05) is 0 Å². The van der Waals surface area contributed by atoms with Crippen molar-refractivity contribution in [1.29, 1.82) is 0 Å². The van der Waals surface area contributed by atoms with Crippen LogP contribution in [-0.2, 0) is 16.1 Å². The predicted octanol–water partition coefficient (Wildman–Crippen LogP) is 1.57. The number of carbonyl (C=O) groups is 2. The lowest BCUT2D eigenvalue weighted by molar-refractivity contribution is -0.143. The number of imidazole rings is 1. The Labute approximate surface area is 122 Å². The van der Waals surface area contributed by atoms with Crippen LogP contribution in [0.15, 0.2) is 24.3 Å². The van der Waals surface area contributed by atoms with E-state index < -0.39 is 12.0 Å². The molecule has 1 aromatic carbocycles. The Morgan fingerprint density at radius 2 is 2.00 bits per heavy atom. The van der Waals surface area contributed by atoms with Crippen LogP contribution in [0, 0.1) is 12.8 Å². The first kappa shape index (κ1) is 15.0. The number of hydrogen-bond acceptors (Lipinski definition) is 3. The molecule has 0 saturated carbocycles. The highest BCUT2D eigenvalue weighted by molar-refractivity contribution is 5.85. The average molecular weight is 289 g/mol. The van der Waals surface area contributed by atoms with Crippen LogP contribution in [0.4, 0.5) is 0 Å². The van der Waals surface area contributed by atoms with E-state index in [0.717, 1.165) is 16.9 Å². The summed E-state index contributed by atoms with van der Waals surface area (Å²) in [4.78, 5) is 27.6. The number of nitrogens with one attached hydrogen (secondary N) is 1. The molecule has 2 N–H and O–H groups in total. The molecule has 0 saturated heterocycles. The van der Waals surface area contributed by atoms with Gasteiger partial charge in [-0.1, -0.05) is 26.0 Å². The predicted molar refractivity (Wildman–Crippen MR) is 78.9 cm³/mol. The summed E-state index contributed by atoms with van der Waals surface area (Å²) in [5.74, 6) is -0.803. The van der Waals surface area contributed by atoms with Gasteiger partial charge in [0.15, 0.2) is 0 Å². The standard InChI is InChI=1S/C15H19N3O3/c1-9(2)14(15(20)21)17-13(19)8-18-10(3)16-11-6-4-5-7-12(11)18/h4-7,9,14H,8H2,1-3H3,(H,17,19)(H,20,21)/t14-/m0/s1. The molecular weight excluding hydrogens is 270 g/mol. The summed E-state index contributed by atoms with van der Waals surface area (Å²) in [5, 5.41) is 11.7. The third-order valence-electron chi connectivity index (χ3n) is 3.40. The number of carboxylic acid groups (broad SMARTS) is 1. The zero-order valence-corrected chi connectivity index (χ0v) is 12.3. The molecule has 0 radical (unpaired) electrons. The molecule has 112 valence electrons. The molecule has 0 bridgehead atoms. The summed E-state index contributed by atoms with van der Waals surface area (Å²) >= 11 is 0. The molecule has 0 aliphatic rings. The van der Waals surface area contributed by atoms with Gasteiger partial charge in [0.05, 0.1) is 11.0 Å². The van der Waals surface area contributed by atoms with E-state index in [2.05, 4.69) is 10.3 Å². The van der Waals surface area contributed by atoms with Crippen molar-refractivity contribution in [1.82, 2.24) is 14.9 Å². The maximum absolute atomic E-state index is 12.1. The zero-order chi connectivity index (χ0) is 15.6. The van der Waals surface area contributed by atoms with E-state index in [1.54, 1.807) is 18.4 Å². The maximum atomic E-state index is 12.1. The molecule has 0 unspecified atom stereocenters. The van der Waals surface area contributed by atoms with E-state index in [4.69, 9.17) is 5.11 Å². The minimum absolute atomic E-state index is 0.0584. The highest BCUT2D eigenvalue weighted by Crippen LogP contribution is 2.15. The molecule has 1 heterocycles. The van der Waals surface area contributed by atoms with Crippen LogP contribution in [0.1, 0.15) is 19.7 Å². The van der Waals surface area contributed by atoms with E-state index in [9.17, 15) is 9.59 Å². The summed E-state index contributed by atoms with van der Waals surface area (Å²) in [6.07, 6.45) is 0. The average Bonchev–Trinajstić information content (AvgIpc) is 2.72. The van der Waals surface area contributed by atoms with Crippen LogP contribution < -0.4 is 5.32 Å². The number of carbonyl (C=O) groups excluding carboxylic acids is 1. The second kappa shape index (κ2) is 5.95. The number of fused-ring (bicyclic) bond motifs is 1. The fourth-order valence-corrected chi connectivity index (χ4v) is 2.27. The van der Waals surface area contributed by atoms with Crippen molar-refractivity contribution >= 4 is 22.9 Å². The van der Waals surface area contributed by atoms with E-state index >= 15 is 0 Å². The lowest BCUT2D eigenvalue weighted by atomic mass is 10.1. The maximum Gasteiger partial charge on any atom is 0.326 e. The van der Waals surface area contributed by atoms with Gasteiger partial charge in [-0.15, -0.1) is 0 Å². The minimum Gasteiger partial charge on any atom is -0.480 e.